The summed E-state index contributed by atoms with van der Waals surface area (Å²) in [4.78, 5) is 31.8. The number of nitrogens with zero attached hydrogens (tertiary/aromatic N) is 2. The molecular weight excluding hydrogens is 550 g/mol. The molecule has 4 aromatic rings. The molecule has 0 spiro atoms. The summed E-state index contributed by atoms with van der Waals surface area (Å²) in [5.41, 5.74) is 6.91. The zero-order valence-corrected chi connectivity index (χ0v) is 23.4. The van der Waals surface area contributed by atoms with E-state index in [9.17, 15) is 9.59 Å². The van der Waals surface area contributed by atoms with E-state index in [1.807, 2.05) is 54.6 Å². The number of nitrogen functional groups attached to an aromatic ring is 1. The van der Waals surface area contributed by atoms with Crippen molar-refractivity contribution in [2.75, 3.05) is 19.3 Å². The number of hydrogen-bond acceptors (Lipinski definition) is 9. The fourth-order valence-electron chi connectivity index (χ4n) is 5.21. The molecule has 43 heavy (non-hydrogen) atoms. The molecule has 0 radical (unpaired) electrons. The molecule has 2 aromatic carbocycles. The zero-order chi connectivity index (χ0) is 29.9. The Morgan fingerprint density at radius 3 is 1.67 bits per heavy atom. The number of ether oxygens (including phenoxy) is 4. The van der Waals surface area contributed by atoms with E-state index < -0.39 is 11.4 Å². The van der Waals surface area contributed by atoms with Gasteiger partial charge in [-0.05, 0) is 85.3 Å². The SMILES string of the molecule is Nc1ccccn1.O=C(Cc1ccccn1)C1(c2ccc3c(c2)OCO3)CC1.O=C(O)C1(c2ccc3c(c2)OCO3)CC1. The van der Waals surface area contributed by atoms with Crippen LogP contribution in [0.1, 0.15) is 42.5 Å². The summed E-state index contributed by atoms with van der Waals surface area (Å²) >= 11 is 0. The van der Waals surface area contributed by atoms with E-state index >= 15 is 0 Å². The molecule has 2 aromatic heterocycles. The van der Waals surface area contributed by atoms with Crippen molar-refractivity contribution in [1.82, 2.24) is 9.97 Å². The van der Waals surface area contributed by atoms with Gasteiger partial charge in [0.15, 0.2) is 23.0 Å². The van der Waals surface area contributed by atoms with Crippen molar-refractivity contribution in [2.45, 2.75) is 42.9 Å². The lowest BCUT2D eigenvalue weighted by molar-refractivity contribution is -0.140. The monoisotopic (exact) mass is 581 g/mol. The number of nitrogens with two attached hydrogens (primary N) is 1. The number of ketones is 1. The number of rotatable bonds is 6. The molecule has 4 aliphatic rings. The van der Waals surface area contributed by atoms with Crippen LogP contribution in [0, 0.1) is 0 Å². The molecular formula is C33H31N3O7. The van der Waals surface area contributed by atoms with Gasteiger partial charge in [0.1, 0.15) is 11.6 Å². The van der Waals surface area contributed by atoms with Gasteiger partial charge in [-0.1, -0.05) is 24.3 Å². The lowest BCUT2D eigenvalue weighted by Crippen LogP contribution is -2.22. The summed E-state index contributed by atoms with van der Waals surface area (Å²) < 4.78 is 21.1. The van der Waals surface area contributed by atoms with Gasteiger partial charge in [0.25, 0.3) is 0 Å². The first-order chi connectivity index (χ1) is 20.9. The Hall–Kier alpha value is -5.12. The van der Waals surface area contributed by atoms with Gasteiger partial charge in [-0.15, -0.1) is 0 Å². The predicted octanol–water partition coefficient (Wildman–Crippen LogP) is 4.85. The number of aromatic nitrogens is 2. The number of carboxylic acids is 1. The molecule has 8 rings (SSSR count). The van der Waals surface area contributed by atoms with Gasteiger partial charge in [0, 0.05) is 24.5 Å². The highest BCUT2D eigenvalue weighted by atomic mass is 16.7. The van der Waals surface area contributed by atoms with Crippen molar-refractivity contribution in [1.29, 1.82) is 0 Å². The van der Waals surface area contributed by atoms with Crippen LogP contribution >= 0.6 is 0 Å². The van der Waals surface area contributed by atoms with Gasteiger partial charge < -0.3 is 29.8 Å². The summed E-state index contributed by atoms with van der Waals surface area (Å²) in [5, 5.41) is 9.13. The third-order valence-corrected chi connectivity index (χ3v) is 8.05. The van der Waals surface area contributed by atoms with Crippen LogP contribution in [-0.4, -0.2) is 40.4 Å². The van der Waals surface area contributed by atoms with E-state index in [0.717, 1.165) is 41.2 Å². The number of aliphatic carboxylic acids is 1. The van der Waals surface area contributed by atoms with Crippen molar-refractivity contribution >= 4 is 17.6 Å². The van der Waals surface area contributed by atoms with Crippen LogP contribution in [0.15, 0.2) is 85.2 Å². The third kappa shape index (κ3) is 5.94. The summed E-state index contributed by atoms with van der Waals surface area (Å²) in [5.74, 6) is 2.90. The standard InChI is InChI=1S/C17H15NO3.C11H10O4.C5H6N2/c19-16(10-13-3-1-2-8-18-13)17(6-7-17)12-4-5-14-15(9-12)21-11-20-14;12-10(13)11(3-4-11)7-1-2-8-9(5-7)15-6-14-8;6-5-3-1-2-4-7-5/h1-5,8-9H,6-7,10-11H2;1-2,5H,3-4,6H2,(H,12,13);1-4H,(H2,6,7). The number of benzene rings is 2. The molecule has 10 heteroatoms. The van der Waals surface area contributed by atoms with Crippen molar-refractivity contribution in [3.63, 3.8) is 0 Å². The largest absolute Gasteiger partial charge is 0.481 e. The highest BCUT2D eigenvalue weighted by Gasteiger charge is 2.52. The first-order valence-corrected chi connectivity index (χ1v) is 14.0. The van der Waals surface area contributed by atoms with Crippen LogP contribution in [0.5, 0.6) is 23.0 Å². The Morgan fingerprint density at radius 1 is 0.698 bits per heavy atom. The average molecular weight is 582 g/mol. The van der Waals surface area contributed by atoms with Crippen molar-refractivity contribution in [3.8, 4) is 23.0 Å². The Balaban J connectivity index is 0.000000130. The number of carbonyl (C=O) groups is 2. The number of Topliss-reactive ketones (excluding diaryl/α,β-unsaturated/α-hetero) is 1. The lowest BCUT2D eigenvalue weighted by atomic mass is 9.88. The molecule has 0 unspecified atom stereocenters. The number of anilines is 1. The maximum absolute atomic E-state index is 12.7. The first-order valence-electron chi connectivity index (χ1n) is 14.0. The lowest BCUT2D eigenvalue weighted by Gasteiger charge is -2.15. The van der Waals surface area contributed by atoms with Crippen LogP contribution in [0.2, 0.25) is 0 Å². The van der Waals surface area contributed by atoms with Crippen LogP contribution < -0.4 is 24.7 Å². The second-order valence-electron chi connectivity index (χ2n) is 10.8. The number of pyridine rings is 2. The summed E-state index contributed by atoms with van der Waals surface area (Å²) in [6.45, 7) is 0.479. The highest BCUT2D eigenvalue weighted by molar-refractivity contribution is 5.94. The number of fused-ring (bicyclic) bond motifs is 2. The maximum atomic E-state index is 12.7. The molecule has 2 saturated carbocycles. The third-order valence-electron chi connectivity index (χ3n) is 8.05. The maximum Gasteiger partial charge on any atom is 0.314 e. The average Bonchev–Trinajstić information content (AvgIpc) is 3.92. The molecule has 220 valence electrons. The number of carboxylic acid groups (broad SMARTS) is 1. The second-order valence-corrected chi connectivity index (χ2v) is 10.8. The Morgan fingerprint density at radius 2 is 1.23 bits per heavy atom. The van der Waals surface area contributed by atoms with Crippen LogP contribution in [-0.2, 0) is 26.8 Å². The van der Waals surface area contributed by atoms with E-state index in [1.54, 1.807) is 30.6 Å². The minimum atomic E-state index is -0.749. The summed E-state index contributed by atoms with van der Waals surface area (Å²) in [6, 6.07) is 22.3. The first kappa shape index (κ1) is 28.0. The number of carbonyl (C=O) groups excluding carboxylic acids is 1. The second kappa shape index (κ2) is 11.6. The summed E-state index contributed by atoms with van der Waals surface area (Å²) in [7, 11) is 0. The van der Waals surface area contributed by atoms with E-state index in [4.69, 9.17) is 29.8 Å². The molecule has 0 atom stereocenters. The smallest absolute Gasteiger partial charge is 0.314 e. The van der Waals surface area contributed by atoms with Gasteiger partial charge in [0.2, 0.25) is 13.6 Å². The fourth-order valence-corrected chi connectivity index (χ4v) is 5.21. The molecule has 10 nitrogen and oxygen atoms in total. The van der Waals surface area contributed by atoms with E-state index in [0.29, 0.717) is 36.6 Å². The van der Waals surface area contributed by atoms with E-state index in [-0.39, 0.29) is 24.8 Å². The Kier molecular flexibility index (Phi) is 7.58. The molecule has 0 bridgehead atoms. The minimum absolute atomic E-state index is 0.221. The van der Waals surface area contributed by atoms with Gasteiger partial charge >= 0.3 is 5.97 Å². The molecule has 4 heterocycles. The van der Waals surface area contributed by atoms with Gasteiger partial charge in [-0.3, -0.25) is 14.6 Å². The highest BCUT2D eigenvalue weighted by Crippen LogP contribution is 2.52. The van der Waals surface area contributed by atoms with Gasteiger partial charge in [0.05, 0.1) is 10.8 Å². The molecule has 0 saturated heterocycles. The van der Waals surface area contributed by atoms with Gasteiger partial charge in [-0.2, -0.15) is 0 Å². The van der Waals surface area contributed by atoms with E-state index in [1.165, 1.54) is 0 Å². The molecule has 2 aliphatic carbocycles. The predicted molar refractivity (Wildman–Crippen MR) is 156 cm³/mol. The van der Waals surface area contributed by atoms with Crippen molar-refractivity contribution in [2.24, 2.45) is 0 Å². The number of hydrogen-bond donors (Lipinski definition) is 2. The summed E-state index contributed by atoms with van der Waals surface area (Å²) in [6.07, 6.45) is 6.99. The van der Waals surface area contributed by atoms with Crippen LogP contribution in [0.3, 0.4) is 0 Å². The fraction of sp³-hybridized carbons (Fsp3) is 0.273. The quantitative estimate of drug-likeness (QED) is 0.324. The molecule has 3 N–H and O–H groups in total. The van der Waals surface area contributed by atoms with Crippen molar-refractivity contribution < 1.29 is 33.6 Å². The van der Waals surface area contributed by atoms with Crippen molar-refractivity contribution in [3.05, 3.63) is 102 Å². The van der Waals surface area contributed by atoms with Crippen LogP contribution in [0.25, 0.3) is 0 Å². The molecule has 2 fully saturated rings. The van der Waals surface area contributed by atoms with Gasteiger partial charge in [-0.25, -0.2) is 4.98 Å². The van der Waals surface area contributed by atoms with Crippen LogP contribution in [0.4, 0.5) is 5.82 Å². The Bertz CT molecular complexity index is 1620. The minimum Gasteiger partial charge on any atom is -0.481 e. The molecule has 2 aliphatic heterocycles. The topological polar surface area (TPSA) is 143 Å². The molecule has 0 amide bonds. The Labute approximate surface area is 248 Å². The normalized spacial score (nSPS) is 16.9. The zero-order valence-electron chi connectivity index (χ0n) is 23.4. The van der Waals surface area contributed by atoms with E-state index in [2.05, 4.69) is 9.97 Å².